The third kappa shape index (κ3) is 4.32. The van der Waals surface area contributed by atoms with E-state index in [2.05, 4.69) is 6.58 Å². The van der Waals surface area contributed by atoms with Crippen LogP contribution in [0.5, 0.6) is 0 Å². The fraction of sp³-hybridized carbons (Fsp3) is 0.765. The Morgan fingerprint density at radius 1 is 1.00 bits per heavy atom. The highest BCUT2D eigenvalue weighted by Crippen LogP contribution is 2.26. The number of ether oxygens (including phenoxy) is 2. The molecule has 0 N–H and O–H groups in total. The highest BCUT2D eigenvalue weighted by molar-refractivity contribution is 5.95. The molecule has 0 heterocycles. The zero-order valence-corrected chi connectivity index (χ0v) is 12.9. The van der Waals surface area contributed by atoms with Crippen LogP contribution in [0.1, 0.15) is 64.7 Å². The smallest absolute Gasteiger partial charge is 0.334 e. The van der Waals surface area contributed by atoms with Gasteiger partial charge in [-0.25, -0.2) is 4.79 Å². The Hall–Kier alpha value is -1.32. The summed E-state index contributed by atoms with van der Waals surface area (Å²) in [5.74, 6) is -1.32. The molecule has 0 aromatic carbocycles. The van der Waals surface area contributed by atoms with Crippen molar-refractivity contribution in [2.75, 3.05) is 0 Å². The van der Waals surface area contributed by atoms with Crippen molar-refractivity contribution in [1.82, 2.24) is 0 Å². The monoisotopic (exact) mass is 294 g/mol. The van der Waals surface area contributed by atoms with Gasteiger partial charge in [-0.2, -0.15) is 0 Å². The maximum Gasteiger partial charge on any atom is 0.334 e. The summed E-state index contributed by atoms with van der Waals surface area (Å²) in [5.41, 5.74) is 0.243. The minimum atomic E-state index is -0.570. The summed E-state index contributed by atoms with van der Waals surface area (Å²) in [5, 5.41) is 0. The second kappa shape index (κ2) is 7.62. The van der Waals surface area contributed by atoms with Crippen molar-refractivity contribution in [1.29, 1.82) is 0 Å². The van der Waals surface area contributed by atoms with E-state index < -0.39 is 11.9 Å². The zero-order valence-electron chi connectivity index (χ0n) is 12.9. The van der Waals surface area contributed by atoms with E-state index in [0.717, 1.165) is 51.4 Å². The van der Waals surface area contributed by atoms with Gasteiger partial charge in [-0.15, -0.1) is 0 Å². The molecule has 0 aliphatic heterocycles. The van der Waals surface area contributed by atoms with Gasteiger partial charge in [0.25, 0.3) is 0 Å². The summed E-state index contributed by atoms with van der Waals surface area (Å²) in [6, 6.07) is 0. The van der Waals surface area contributed by atoms with Crippen LogP contribution in [0.3, 0.4) is 0 Å². The first kappa shape index (κ1) is 16.1. The predicted octanol–water partition coefficient (Wildman–Crippen LogP) is 3.54. The fourth-order valence-electron chi connectivity index (χ4n) is 3.18. The van der Waals surface area contributed by atoms with Gasteiger partial charge < -0.3 is 9.47 Å². The Bertz CT molecular complexity index is 390. The average Bonchev–Trinajstić information content (AvgIpc) is 3.12. The van der Waals surface area contributed by atoms with E-state index in [0.29, 0.717) is 6.42 Å². The molecule has 0 spiro atoms. The topological polar surface area (TPSA) is 52.6 Å². The van der Waals surface area contributed by atoms with Crippen molar-refractivity contribution in [3.05, 3.63) is 12.2 Å². The summed E-state index contributed by atoms with van der Waals surface area (Å²) in [6.07, 6.45) is 8.66. The predicted molar refractivity (Wildman–Crippen MR) is 79.6 cm³/mol. The van der Waals surface area contributed by atoms with Gasteiger partial charge in [0, 0.05) is 5.57 Å². The van der Waals surface area contributed by atoms with Crippen molar-refractivity contribution in [3.8, 4) is 0 Å². The quantitative estimate of drug-likeness (QED) is 0.555. The molecule has 2 fully saturated rings. The van der Waals surface area contributed by atoms with Gasteiger partial charge in [-0.1, -0.05) is 13.5 Å². The van der Waals surface area contributed by atoms with Crippen molar-refractivity contribution in [2.24, 2.45) is 5.92 Å². The maximum atomic E-state index is 12.2. The molecule has 4 nitrogen and oxygen atoms in total. The number of esters is 2. The van der Waals surface area contributed by atoms with Crippen LogP contribution in [-0.2, 0) is 19.1 Å². The summed E-state index contributed by atoms with van der Waals surface area (Å²) in [7, 11) is 0. The Labute approximate surface area is 126 Å². The molecular formula is C17H26O4. The SMILES string of the molecule is C=C(C(=O)OC1CCCC1)C(CC)C(=O)OC1CCCC1. The molecule has 2 saturated carbocycles. The Morgan fingerprint density at radius 3 is 1.95 bits per heavy atom. The largest absolute Gasteiger partial charge is 0.462 e. The summed E-state index contributed by atoms with van der Waals surface area (Å²) < 4.78 is 10.9. The van der Waals surface area contributed by atoms with Crippen molar-refractivity contribution >= 4 is 11.9 Å². The lowest BCUT2D eigenvalue weighted by Gasteiger charge is -2.20. The van der Waals surface area contributed by atoms with Crippen LogP contribution in [0.2, 0.25) is 0 Å². The summed E-state index contributed by atoms with van der Waals surface area (Å²) in [6.45, 7) is 5.66. The number of rotatable bonds is 6. The van der Waals surface area contributed by atoms with Crippen LogP contribution in [-0.4, -0.2) is 24.1 Å². The first-order chi connectivity index (χ1) is 10.1. The summed E-state index contributed by atoms with van der Waals surface area (Å²) >= 11 is 0. The van der Waals surface area contributed by atoms with E-state index >= 15 is 0 Å². The molecule has 1 atom stereocenters. The number of hydrogen-bond acceptors (Lipinski definition) is 4. The van der Waals surface area contributed by atoms with Gasteiger partial charge in [0.05, 0.1) is 5.92 Å². The van der Waals surface area contributed by atoms with Crippen LogP contribution in [0.25, 0.3) is 0 Å². The maximum absolute atomic E-state index is 12.2. The van der Waals surface area contributed by atoms with Crippen LogP contribution >= 0.6 is 0 Å². The lowest BCUT2D eigenvalue weighted by Crippen LogP contribution is -2.28. The third-order valence-electron chi connectivity index (χ3n) is 4.54. The van der Waals surface area contributed by atoms with Crippen molar-refractivity contribution in [2.45, 2.75) is 76.9 Å². The van der Waals surface area contributed by atoms with E-state index in [-0.39, 0.29) is 23.8 Å². The van der Waals surface area contributed by atoms with E-state index in [4.69, 9.17) is 9.47 Å². The van der Waals surface area contributed by atoms with Crippen LogP contribution in [0.4, 0.5) is 0 Å². The molecule has 0 amide bonds. The molecule has 2 aliphatic carbocycles. The first-order valence-corrected chi connectivity index (χ1v) is 8.22. The Balaban J connectivity index is 1.86. The molecule has 4 heteroatoms. The van der Waals surface area contributed by atoms with E-state index in [1.165, 1.54) is 0 Å². The minimum Gasteiger partial charge on any atom is -0.462 e. The Kier molecular flexibility index (Phi) is 5.83. The van der Waals surface area contributed by atoms with Gasteiger partial charge in [-0.05, 0) is 57.8 Å². The second-order valence-electron chi connectivity index (χ2n) is 6.14. The highest BCUT2D eigenvalue weighted by atomic mass is 16.6. The molecule has 118 valence electrons. The molecule has 2 rings (SSSR count). The number of carbonyl (C=O) groups is 2. The third-order valence-corrected chi connectivity index (χ3v) is 4.54. The van der Waals surface area contributed by atoms with Crippen molar-refractivity contribution in [3.63, 3.8) is 0 Å². The average molecular weight is 294 g/mol. The molecule has 0 radical (unpaired) electrons. The minimum absolute atomic E-state index is 0.00221. The highest BCUT2D eigenvalue weighted by Gasteiger charge is 2.31. The van der Waals surface area contributed by atoms with Crippen molar-refractivity contribution < 1.29 is 19.1 Å². The lowest BCUT2D eigenvalue weighted by molar-refractivity contribution is -0.156. The number of hydrogen-bond donors (Lipinski definition) is 0. The van der Waals surface area contributed by atoms with Crippen LogP contribution in [0, 0.1) is 5.92 Å². The van der Waals surface area contributed by atoms with E-state index in [1.807, 2.05) is 6.92 Å². The first-order valence-electron chi connectivity index (χ1n) is 8.22. The normalized spacial score (nSPS) is 21.2. The lowest BCUT2D eigenvalue weighted by atomic mass is 9.97. The Morgan fingerprint density at radius 2 is 1.48 bits per heavy atom. The molecular weight excluding hydrogens is 268 g/mol. The molecule has 21 heavy (non-hydrogen) atoms. The standard InChI is InChI=1S/C17H26O4/c1-3-15(17(19)21-14-10-6-7-11-14)12(2)16(18)20-13-8-4-5-9-13/h13-15H,2-11H2,1H3. The van der Waals surface area contributed by atoms with Gasteiger partial charge >= 0.3 is 11.9 Å². The molecule has 2 aliphatic rings. The van der Waals surface area contributed by atoms with Gasteiger partial charge in [-0.3, -0.25) is 4.79 Å². The fourth-order valence-corrected chi connectivity index (χ4v) is 3.18. The van der Waals surface area contributed by atoms with Crippen LogP contribution in [0.15, 0.2) is 12.2 Å². The van der Waals surface area contributed by atoms with E-state index in [1.54, 1.807) is 0 Å². The molecule has 0 bridgehead atoms. The number of carbonyl (C=O) groups excluding carboxylic acids is 2. The molecule has 1 unspecified atom stereocenters. The zero-order chi connectivity index (χ0) is 15.2. The second-order valence-corrected chi connectivity index (χ2v) is 6.14. The molecule has 0 aromatic rings. The van der Waals surface area contributed by atoms with E-state index in [9.17, 15) is 9.59 Å². The summed E-state index contributed by atoms with van der Waals surface area (Å²) in [4.78, 5) is 24.3. The molecule has 0 aromatic heterocycles. The van der Waals surface area contributed by atoms with Crippen LogP contribution < -0.4 is 0 Å². The van der Waals surface area contributed by atoms with Gasteiger partial charge in [0.2, 0.25) is 0 Å². The van der Waals surface area contributed by atoms with Gasteiger partial charge in [0.15, 0.2) is 0 Å². The van der Waals surface area contributed by atoms with Gasteiger partial charge in [0.1, 0.15) is 12.2 Å². The molecule has 0 saturated heterocycles.